The lowest BCUT2D eigenvalue weighted by Crippen LogP contribution is -2.22. The largest absolute Gasteiger partial charge is 0.345 e. The van der Waals surface area contributed by atoms with Crippen molar-refractivity contribution in [3.8, 4) is 10.6 Å². The summed E-state index contributed by atoms with van der Waals surface area (Å²) >= 11 is 1.57. The van der Waals surface area contributed by atoms with Gasteiger partial charge < -0.3 is 9.42 Å². The molecule has 0 N–H and O–H groups in total. The summed E-state index contributed by atoms with van der Waals surface area (Å²) in [4.78, 5) is 19.3. The Balaban J connectivity index is 2.29. The molecule has 5 nitrogen and oxygen atoms in total. The molecule has 1 amide bonds. The Morgan fingerprint density at radius 1 is 1.40 bits per heavy atom. The van der Waals surface area contributed by atoms with Crippen LogP contribution in [-0.4, -0.2) is 35.0 Å². The second-order valence-electron chi connectivity index (χ2n) is 4.68. The van der Waals surface area contributed by atoms with Crippen molar-refractivity contribution >= 4 is 28.3 Å². The lowest BCUT2D eigenvalue weighted by molar-refractivity contribution is 0.0829. The fourth-order valence-electron chi connectivity index (χ4n) is 2.05. The van der Waals surface area contributed by atoms with Crippen molar-refractivity contribution in [3.05, 3.63) is 34.8 Å². The van der Waals surface area contributed by atoms with E-state index in [1.54, 1.807) is 36.4 Å². The van der Waals surface area contributed by atoms with Crippen molar-refractivity contribution in [2.45, 2.75) is 6.92 Å². The fraction of sp³-hybridized carbons (Fsp3) is 0.214. The van der Waals surface area contributed by atoms with Gasteiger partial charge in [-0.3, -0.25) is 4.79 Å². The molecule has 0 fully saturated rings. The number of amides is 1. The number of hydrogen-bond acceptors (Lipinski definition) is 5. The summed E-state index contributed by atoms with van der Waals surface area (Å²) in [5.41, 5.74) is 2.38. The van der Waals surface area contributed by atoms with Crippen molar-refractivity contribution in [1.82, 2.24) is 15.0 Å². The summed E-state index contributed by atoms with van der Waals surface area (Å²) in [6.07, 6.45) is 0. The molecular weight excluding hydrogens is 274 g/mol. The maximum Gasteiger partial charge on any atom is 0.259 e. The van der Waals surface area contributed by atoms with Crippen LogP contribution in [0.5, 0.6) is 0 Å². The van der Waals surface area contributed by atoms with Gasteiger partial charge >= 0.3 is 0 Å². The van der Waals surface area contributed by atoms with Gasteiger partial charge in [0.25, 0.3) is 11.6 Å². The van der Waals surface area contributed by atoms with Crippen LogP contribution in [0.2, 0.25) is 0 Å². The zero-order valence-corrected chi connectivity index (χ0v) is 12.2. The van der Waals surface area contributed by atoms with Crippen LogP contribution in [0.4, 0.5) is 0 Å². The summed E-state index contributed by atoms with van der Waals surface area (Å²) in [7, 11) is 3.45. The molecule has 3 aromatic rings. The number of pyridine rings is 1. The lowest BCUT2D eigenvalue weighted by atomic mass is 10.1. The van der Waals surface area contributed by atoms with E-state index in [9.17, 15) is 4.79 Å². The first kappa shape index (κ1) is 12.8. The number of rotatable bonds is 2. The van der Waals surface area contributed by atoms with E-state index in [1.165, 1.54) is 0 Å². The first-order valence-electron chi connectivity index (χ1n) is 6.10. The number of aromatic nitrogens is 2. The van der Waals surface area contributed by atoms with Gasteiger partial charge in [0.2, 0.25) is 0 Å². The zero-order chi connectivity index (χ0) is 14.3. The number of hydrogen-bond donors (Lipinski definition) is 0. The molecule has 0 atom stereocenters. The van der Waals surface area contributed by atoms with Crippen LogP contribution < -0.4 is 0 Å². The second kappa shape index (κ2) is 4.72. The first-order chi connectivity index (χ1) is 9.58. The predicted molar refractivity (Wildman–Crippen MR) is 77.9 cm³/mol. The van der Waals surface area contributed by atoms with Crippen molar-refractivity contribution in [3.63, 3.8) is 0 Å². The number of carbonyl (C=O) groups excluding carboxylic acids is 1. The predicted octanol–water partition coefficient (Wildman–Crippen LogP) is 2.96. The molecule has 0 saturated carbocycles. The van der Waals surface area contributed by atoms with Crippen LogP contribution in [0.1, 0.15) is 16.1 Å². The van der Waals surface area contributed by atoms with Gasteiger partial charge in [0.05, 0.1) is 27.2 Å². The van der Waals surface area contributed by atoms with E-state index >= 15 is 0 Å². The van der Waals surface area contributed by atoms with Gasteiger partial charge in [0.1, 0.15) is 0 Å². The molecule has 20 heavy (non-hydrogen) atoms. The Bertz CT molecular complexity index is 775. The molecule has 0 aromatic carbocycles. The Labute approximate surface area is 119 Å². The van der Waals surface area contributed by atoms with E-state index in [-0.39, 0.29) is 5.91 Å². The second-order valence-corrected chi connectivity index (χ2v) is 5.63. The van der Waals surface area contributed by atoms with Gasteiger partial charge in [-0.2, -0.15) is 0 Å². The smallest absolute Gasteiger partial charge is 0.259 e. The minimum absolute atomic E-state index is 0.0819. The van der Waals surface area contributed by atoms with E-state index in [4.69, 9.17) is 4.52 Å². The van der Waals surface area contributed by atoms with Gasteiger partial charge in [-0.15, -0.1) is 11.3 Å². The molecule has 0 radical (unpaired) electrons. The third kappa shape index (κ3) is 1.98. The molecule has 0 aliphatic rings. The molecule has 6 heteroatoms. The summed E-state index contributed by atoms with van der Waals surface area (Å²) < 4.78 is 5.23. The molecular formula is C14H13N3O2S. The summed E-state index contributed by atoms with van der Waals surface area (Å²) in [6, 6.07) is 5.72. The van der Waals surface area contributed by atoms with Crippen molar-refractivity contribution < 1.29 is 9.32 Å². The molecule has 0 bridgehead atoms. The normalized spacial score (nSPS) is 10.9. The maximum atomic E-state index is 12.4. The average molecular weight is 287 g/mol. The summed E-state index contributed by atoms with van der Waals surface area (Å²) in [5, 5.41) is 6.57. The molecule has 102 valence electrons. The maximum absolute atomic E-state index is 12.4. The van der Waals surface area contributed by atoms with E-state index in [2.05, 4.69) is 10.1 Å². The number of nitrogens with zero attached hydrogens (tertiary/aromatic N) is 3. The highest BCUT2D eigenvalue weighted by molar-refractivity contribution is 7.13. The third-order valence-electron chi connectivity index (χ3n) is 3.03. The van der Waals surface area contributed by atoms with Gasteiger partial charge in [0.15, 0.2) is 0 Å². The molecule has 3 aromatic heterocycles. The Morgan fingerprint density at radius 3 is 2.85 bits per heavy atom. The fourth-order valence-corrected chi connectivity index (χ4v) is 2.74. The third-order valence-corrected chi connectivity index (χ3v) is 3.92. The van der Waals surface area contributed by atoms with Gasteiger partial charge in [-0.1, -0.05) is 11.2 Å². The highest BCUT2D eigenvalue weighted by atomic mass is 32.1. The van der Waals surface area contributed by atoms with Gasteiger partial charge in [0, 0.05) is 14.1 Å². The van der Waals surface area contributed by atoms with Crippen LogP contribution in [0, 0.1) is 6.92 Å². The van der Waals surface area contributed by atoms with Gasteiger partial charge in [-0.25, -0.2) is 4.98 Å². The topological polar surface area (TPSA) is 59.2 Å². The number of fused-ring (bicyclic) bond motifs is 1. The standard InChI is InChI=1S/C14H13N3O2S/c1-8-12-9(14(18)17(2)3)7-10(11-5-4-6-20-11)15-13(12)19-16-8/h4-7H,1-3H3. The average Bonchev–Trinajstić information content (AvgIpc) is 3.07. The van der Waals surface area contributed by atoms with Crippen molar-refractivity contribution in [1.29, 1.82) is 0 Å². The van der Waals surface area contributed by atoms with E-state index in [0.717, 1.165) is 10.6 Å². The number of thiophene rings is 1. The summed E-state index contributed by atoms with van der Waals surface area (Å²) in [5.74, 6) is -0.0819. The van der Waals surface area contributed by atoms with Gasteiger partial charge in [-0.05, 0) is 24.4 Å². The molecule has 0 unspecified atom stereocenters. The highest BCUT2D eigenvalue weighted by Crippen LogP contribution is 2.29. The van der Waals surface area contributed by atoms with Crippen molar-refractivity contribution in [2.24, 2.45) is 0 Å². The molecule has 0 aliphatic carbocycles. The summed E-state index contributed by atoms with van der Waals surface area (Å²) in [6.45, 7) is 1.81. The van der Waals surface area contributed by atoms with Crippen LogP contribution in [0.3, 0.4) is 0 Å². The van der Waals surface area contributed by atoms with Crippen LogP contribution in [0.25, 0.3) is 21.7 Å². The zero-order valence-electron chi connectivity index (χ0n) is 11.4. The van der Waals surface area contributed by atoms with Crippen LogP contribution in [0.15, 0.2) is 28.1 Å². The molecule has 3 heterocycles. The Kier molecular flexibility index (Phi) is 3.02. The van der Waals surface area contributed by atoms with Crippen LogP contribution >= 0.6 is 11.3 Å². The SMILES string of the molecule is Cc1noc2nc(-c3cccs3)cc(C(=O)N(C)C)c12. The molecule has 0 spiro atoms. The van der Waals surface area contributed by atoms with E-state index in [0.29, 0.717) is 22.4 Å². The van der Waals surface area contributed by atoms with E-state index < -0.39 is 0 Å². The number of aryl methyl sites for hydroxylation is 1. The minimum Gasteiger partial charge on any atom is -0.345 e. The minimum atomic E-state index is -0.0819. The highest BCUT2D eigenvalue weighted by Gasteiger charge is 2.20. The molecule has 0 saturated heterocycles. The Hall–Kier alpha value is -2.21. The monoisotopic (exact) mass is 287 g/mol. The quantitative estimate of drug-likeness (QED) is 0.727. The van der Waals surface area contributed by atoms with Crippen molar-refractivity contribution in [2.75, 3.05) is 14.1 Å². The molecule has 0 aliphatic heterocycles. The first-order valence-corrected chi connectivity index (χ1v) is 6.98. The number of carbonyl (C=O) groups is 1. The molecule has 3 rings (SSSR count). The van der Waals surface area contributed by atoms with Crippen LogP contribution in [-0.2, 0) is 0 Å². The Morgan fingerprint density at radius 2 is 2.20 bits per heavy atom. The lowest BCUT2D eigenvalue weighted by Gasteiger charge is -2.11. The van der Waals surface area contributed by atoms with E-state index in [1.807, 2.05) is 24.4 Å².